The van der Waals surface area contributed by atoms with Crippen LogP contribution in [0.2, 0.25) is 0 Å². The minimum absolute atomic E-state index is 0.0923. The quantitative estimate of drug-likeness (QED) is 0.0205. The zero-order valence-electron chi connectivity index (χ0n) is 66.4. The van der Waals surface area contributed by atoms with Crippen LogP contribution in [0, 0.1) is 0 Å². The Labute approximate surface area is 761 Å². The first-order valence-corrected chi connectivity index (χ1v) is 44.1. The highest BCUT2D eigenvalue weighted by atomic mass is 79.9. The molecule has 640 valence electrons. The number of carboxylic acids is 4. The minimum atomic E-state index is -1.21. The molecule has 0 bridgehead atoms. The molecule has 0 saturated carbocycles. The Kier molecular flexibility index (Phi) is 40.9. The summed E-state index contributed by atoms with van der Waals surface area (Å²) < 4.78 is 40.2. The number of ether oxygens (including phenoxy) is 8. The molecular weight excluding hydrogens is 2080 g/mol. The van der Waals surface area contributed by atoms with Gasteiger partial charge in [-0.25, -0.2) is 0 Å². The molecule has 0 N–H and O–H groups in total. The van der Waals surface area contributed by atoms with Gasteiger partial charge >= 0.3 is 47.8 Å². The van der Waals surface area contributed by atoms with Crippen molar-refractivity contribution in [1.82, 2.24) is 0 Å². The molecule has 0 spiro atoms. The maximum Gasteiger partial charge on any atom is 0.327 e. The van der Waals surface area contributed by atoms with Crippen LogP contribution in [-0.2, 0) is 68.4 Å². The largest absolute Gasteiger partial charge is 0.550 e. The van der Waals surface area contributed by atoms with Gasteiger partial charge in [-0.2, -0.15) is 0 Å². The maximum absolute atomic E-state index is 12.1. The van der Waals surface area contributed by atoms with Gasteiger partial charge in [0, 0.05) is 59.4 Å². The molecule has 4 unspecified atom stereocenters. The number of carbonyl (C=O) groups is 12. The predicted octanol–water partition coefficient (Wildman–Crippen LogP) is 14.5. The number of hydrogen-bond donors (Lipinski definition) is 0. The fourth-order valence-electron chi connectivity index (χ4n) is 11.1. The summed E-state index contributed by atoms with van der Waals surface area (Å²) in [6.07, 6.45) is -0.0806. The second-order valence-corrected chi connectivity index (χ2v) is 38.7. The Morgan fingerprint density at radius 3 is 0.642 bits per heavy atom. The summed E-state index contributed by atoms with van der Waals surface area (Å²) in [4.78, 5) is 137. The lowest BCUT2D eigenvalue weighted by Crippen LogP contribution is -2.34. The molecule has 0 aliphatic carbocycles. The molecule has 8 aromatic rings. The summed E-state index contributed by atoms with van der Waals surface area (Å²) in [7, 11) is 0. The second-order valence-electron chi connectivity index (χ2n) is 28.1. The molecule has 8 rings (SSSR count). The van der Waals surface area contributed by atoms with Crippen LogP contribution >= 0.6 is 127 Å². The lowest BCUT2D eigenvalue weighted by molar-refractivity contribution is -0.308. The number of hydrogen-bond acceptors (Lipinski definition) is 24. The van der Waals surface area contributed by atoms with Gasteiger partial charge in [-0.3, -0.25) is 38.4 Å². The van der Waals surface area contributed by atoms with Gasteiger partial charge in [0.2, 0.25) is 0 Å². The van der Waals surface area contributed by atoms with Crippen LogP contribution < -0.4 is 58.3 Å². The van der Waals surface area contributed by atoms with Crippen molar-refractivity contribution in [3.63, 3.8) is 0 Å². The van der Waals surface area contributed by atoms with E-state index < -0.39 is 110 Å². The number of benzene rings is 8. The van der Waals surface area contributed by atoms with Gasteiger partial charge < -0.3 is 77.5 Å². The van der Waals surface area contributed by atoms with Crippen LogP contribution in [0.25, 0.3) is 0 Å². The Morgan fingerprint density at radius 2 is 0.475 bits per heavy atom. The topological polar surface area (TPSA) is 371 Å². The number of carbonyl (C=O) groups excluding carboxylic acids is 12. The van der Waals surface area contributed by atoms with Crippen LogP contribution in [0.5, 0.6) is 46.0 Å². The first kappa shape index (κ1) is 102. The van der Waals surface area contributed by atoms with Crippen molar-refractivity contribution >= 4 is 199 Å². The van der Waals surface area contributed by atoms with Crippen molar-refractivity contribution in [2.75, 3.05) is 10.7 Å². The molecule has 24 nitrogen and oxygen atoms in total. The molecule has 8 aromatic carbocycles. The number of alkyl halides is 8. The van der Waals surface area contributed by atoms with E-state index in [1.165, 1.54) is 0 Å². The molecule has 0 heterocycles. The molecular formula is C88H84Br8O24-4. The molecule has 0 saturated heterocycles. The van der Waals surface area contributed by atoms with E-state index in [0.29, 0.717) is 81.1 Å². The third kappa shape index (κ3) is 33.6. The Hall–Kier alpha value is -8.76. The third-order valence-electron chi connectivity index (χ3n) is 17.6. The van der Waals surface area contributed by atoms with Crippen molar-refractivity contribution in [2.24, 2.45) is 0 Å². The van der Waals surface area contributed by atoms with Crippen LogP contribution in [0.1, 0.15) is 164 Å². The van der Waals surface area contributed by atoms with Crippen molar-refractivity contribution in [2.45, 2.75) is 158 Å². The van der Waals surface area contributed by atoms with Crippen LogP contribution in [0.4, 0.5) is 0 Å². The Morgan fingerprint density at radius 1 is 0.292 bits per heavy atom. The van der Waals surface area contributed by atoms with E-state index >= 15 is 0 Å². The number of esters is 8. The van der Waals surface area contributed by atoms with Crippen molar-refractivity contribution < 1.29 is 116 Å². The van der Waals surface area contributed by atoms with Crippen molar-refractivity contribution in [3.8, 4) is 46.0 Å². The van der Waals surface area contributed by atoms with Gasteiger partial charge in [0.1, 0.15) is 84.6 Å². The summed E-state index contributed by atoms with van der Waals surface area (Å²) in [5.41, 5.74) is 4.44. The lowest BCUT2D eigenvalue weighted by atomic mass is 9.74. The fourth-order valence-corrected chi connectivity index (χ4v) is 11.9. The highest BCUT2D eigenvalue weighted by molar-refractivity contribution is 9.11. The minimum Gasteiger partial charge on any atom is -0.550 e. The van der Waals surface area contributed by atoms with E-state index in [4.69, 9.17) is 37.9 Å². The first-order chi connectivity index (χ1) is 56.2. The molecule has 0 radical (unpaired) electrons. The zero-order valence-corrected chi connectivity index (χ0v) is 79.1. The van der Waals surface area contributed by atoms with Crippen LogP contribution in [-0.4, -0.2) is 110 Å². The van der Waals surface area contributed by atoms with E-state index in [1.54, 1.807) is 263 Å². The first-order valence-electron chi connectivity index (χ1n) is 36.7. The summed E-state index contributed by atoms with van der Waals surface area (Å²) in [6.45, 7) is 17.0. The zero-order chi connectivity index (χ0) is 89.6. The van der Waals surface area contributed by atoms with Gasteiger partial charge in [0.15, 0.2) is 0 Å². The van der Waals surface area contributed by atoms with Crippen LogP contribution in [0.15, 0.2) is 194 Å². The number of rotatable bonds is 34. The number of carboxylic acid groups (broad SMARTS) is 4. The number of aliphatic carboxylic acids is 4. The van der Waals surface area contributed by atoms with E-state index in [-0.39, 0.29) is 48.2 Å². The smallest absolute Gasteiger partial charge is 0.327 e. The summed E-state index contributed by atoms with van der Waals surface area (Å²) in [6, 6.07) is 54.3. The molecule has 0 aliphatic rings. The van der Waals surface area contributed by atoms with Gasteiger partial charge in [-0.15, -0.1) is 0 Å². The molecule has 0 aromatic heterocycles. The van der Waals surface area contributed by atoms with E-state index in [9.17, 15) is 78.0 Å². The molecule has 4 atom stereocenters. The predicted molar refractivity (Wildman–Crippen MR) is 468 cm³/mol. The Balaban J connectivity index is 0.000000285. The van der Waals surface area contributed by atoms with Crippen LogP contribution in [0.3, 0.4) is 0 Å². The van der Waals surface area contributed by atoms with E-state index in [0.717, 1.165) is 22.3 Å². The summed E-state index contributed by atoms with van der Waals surface area (Å²) in [5.74, 6) is -5.43. The average molecular weight is 2160 g/mol. The van der Waals surface area contributed by atoms with Crippen molar-refractivity contribution in [1.29, 1.82) is 0 Å². The lowest BCUT2D eigenvalue weighted by Gasteiger charge is -2.32. The molecule has 0 fully saturated rings. The maximum atomic E-state index is 12.1. The summed E-state index contributed by atoms with van der Waals surface area (Å²) in [5, 5.41) is 45.2. The highest BCUT2D eigenvalue weighted by Crippen LogP contribution is 2.41. The Bertz CT molecular complexity index is 4530. The molecule has 0 amide bonds. The van der Waals surface area contributed by atoms with Gasteiger partial charge in [-0.1, -0.05) is 238 Å². The molecule has 32 heteroatoms. The highest BCUT2D eigenvalue weighted by Gasteiger charge is 2.34. The average Bonchev–Trinajstić information content (AvgIpc) is 0.783. The fraction of sp³-hybridized carbons (Fsp3) is 0.318. The van der Waals surface area contributed by atoms with E-state index in [1.807, 2.05) is 0 Å². The van der Waals surface area contributed by atoms with Gasteiger partial charge in [-0.05, 0) is 223 Å². The van der Waals surface area contributed by atoms with Gasteiger partial charge in [0.25, 0.3) is 0 Å². The van der Waals surface area contributed by atoms with Crippen molar-refractivity contribution in [3.05, 3.63) is 239 Å². The second kappa shape index (κ2) is 48.2. The monoisotopic (exact) mass is 2160 g/mol. The van der Waals surface area contributed by atoms with Gasteiger partial charge in [0.05, 0.1) is 0 Å². The normalized spacial score (nSPS) is 12.9. The molecule has 0 aliphatic heterocycles. The number of halogens is 8. The van der Waals surface area contributed by atoms with E-state index in [2.05, 4.69) is 127 Å². The summed E-state index contributed by atoms with van der Waals surface area (Å²) >= 11 is 25.2. The molecule has 120 heavy (non-hydrogen) atoms. The standard InChI is InChI=1S/C24H26Br2O6.2C22H22Br2O6.C20H18Br2O6/c1-22(2,25)20(29)31-17-10-6-15(7-11-17)24(5,14-19(27)28)16-8-12-18(13-9-16)32-21(30)23(3,4)26;1-13(23)20(27)29-17-8-4-15(5-9-17)22(3,12-19(25)26)16-6-10-18(11-7-16)30-21(28)14(2)24;1-13(23)21(27)29-17-7-3-15(4-8-17)19(11-12-20(25)26)16-5-9-18(10-6-16)30-22(28)14(2)24;21-11-19(25)27-15-5-1-13(2-6-15)17(9-10-18(23)24)14-3-7-16(8-4-14)28-20(26)12-22/h6-13H,14H2,1-5H3,(H,27,28);4-11,13-14H,12H2,1-3H3,(H,25,26);3-10,13-14,19H,11-12H2,1-2H3,(H,25,26);1-8,17H,9-12H2,(H,23,24)/p-4. The SMILES string of the molecule is CC(Br)C(=O)Oc1ccc(C(C)(CC(=O)[O-])c2ccc(OC(=O)C(C)Br)cc2)cc1.CC(Br)C(=O)Oc1ccc(C(CCC(=O)[O-])c2ccc(OC(=O)C(C)Br)cc2)cc1.CC(C)(Br)C(=O)Oc1ccc(C(C)(CC(=O)[O-])c2ccc(OC(=O)C(C)(C)Br)cc2)cc1.O=C([O-])CCC(c1ccc(OC(=O)CBr)cc1)c1ccc(OC(=O)CBr)cc1. The third-order valence-corrected chi connectivity index (χ3v) is 20.7.